The molecule has 0 amide bonds. The van der Waals surface area contributed by atoms with Crippen LogP contribution in [0.5, 0.6) is 17.4 Å². The van der Waals surface area contributed by atoms with Crippen LogP contribution in [0, 0.1) is 0 Å². The standard InChI is InChI=1S/C14H17N3O3/c1-3-7-17-8-6-16-13(14(17)18)20-11-5-4-10(15)9-12(11)19-2/h4-6,8-9H,3,7,15H2,1-2H3. The van der Waals surface area contributed by atoms with E-state index in [0.717, 1.165) is 6.42 Å². The molecule has 20 heavy (non-hydrogen) atoms. The summed E-state index contributed by atoms with van der Waals surface area (Å²) in [6.45, 7) is 2.62. The first kappa shape index (κ1) is 13.9. The number of aryl methyl sites for hydroxylation is 1. The van der Waals surface area contributed by atoms with Gasteiger partial charge in [-0.15, -0.1) is 0 Å². The van der Waals surface area contributed by atoms with E-state index in [1.165, 1.54) is 13.3 Å². The number of nitrogens with zero attached hydrogens (tertiary/aromatic N) is 2. The normalized spacial score (nSPS) is 10.3. The van der Waals surface area contributed by atoms with Crippen molar-refractivity contribution in [3.8, 4) is 17.4 Å². The Bertz CT molecular complexity index is 652. The van der Waals surface area contributed by atoms with Crippen molar-refractivity contribution in [1.82, 2.24) is 9.55 Å². The van der Waals surface area contributed by atoms with Gasteiger partial charge in [0.05, 0.1) is 7.11 Å². The smallest absolute Gasteiger partial charge is 0.313 e. The van der Waals surface area contributed by atoms with E-state index in [9.17, 15) is 4.79 Å². The second-order valence-electron chi connectivity index (χ2n) is 4.24. The Kier molecular flexibility index (Phi) is 4.24. The van der Waals surface area contributed by atoms with E-state index in [-0.39, 0.29) is 11.4 Å². The van der Waals surface area contributed by atoms with Gasteiger partial charge in [-0.1, -0.05) is 6.92 Å². The maximum atomic E-state index is 12.1. The van der Waals surface area contributed by atoms with Crippen molar-refractivity contribution in [2.75, 3.05) is 12.8 Å². The molecule has 1 aromatic heterocycles. The number of hydrogen-bond acceptors (Lipinski definition) is 5. The third kappa shape index (κ3) is 2.90. The summed E-state index contributed by atoms with van der Waals surface area (Å²) in [5, 5.41) is 0. The molecule has 0 aliphatic carbocycles. The minimum atomic E-state index is -0.270. The lowest BCUT2D eigenvalue weighted by Crippen LogP contribution is -2.21. The maximum Gasteiger partial charge on any atom is 0.313 e. The van der Waals surface area contributed by atoms with Crippen LogP contribution in [0.1, 0.15) is 13.3 Å². The van der Waals surface area contributed by atoms with Crippen molar-refractivity contribution in [3.05, 3.63) is 40.9 Å². The highest BCUT2D eigenvalue weighted by Gasteiger charge is 2.11. The molecule has 2 N–H and O–H groups in total. The van der Waals surface area contributed by atoms with Crippen molar-refractivity contribution in [1.29, 1.82) is 0 Å². The van der Waals surface area contributed by atoms with Crippen LogP contribution in [0.3, 0.4) is 0 Å². The van der Waals surface area contributed by atoms with E-state index in [4.69, 9.17) is 15.2 Å². The van der Waals surface area contributed by atoms with Gasteiger partial charge in [0.1, 0.15) is 0 Å². The Morgan fingerprint density at radius 3 is 2.85 bits per heavy atom. The van der Waals surface area contributed by atoms with E-state index >= 15 is 0 Å². The fraction of sp³-hybridized carbons (Fsp3) is 0.286. The minimum Gasteiger partial charge on any atom is -0.493 e. The summed E-state index contributed by atoms with van der Waals surface area (Å²) in [5.74, 6) is 0.877. The highest BCUT2D eigenvalue weighted by Crippen LogP contribution is 2.31. The first-order valence-corrected chi connectivity index (χ1v) is 6.32. The van der Waals surface area contributed by atoms with Crippen LogP contribution in [0.2, 0.25) is 0 Å². The summed E-state index contributed by atoms with van der Waals surface area (Å²) >= 11 is 0. The van der Waals surface area contributed by atoms with Crippen LogP contribution in [-0.2, 0) is 6.54 Å². The number of hydrogen-bond donors (Lipinski definition) is 1. The van der Waals surface area contributed by atoms with Gasteiger partial charge < -0.3 is 19.8 Å². The fourth-order valence-electron chi connectivity index (χ4n) is 1.79. The van der Waals surface area contributed by atoms with E-state index in [1.807, 2.05) is 6.92 Å². The second-order valence-corrected chi connectivity index (χ2v) is 4.24. The van der Waals surface area contributed by atoms with Gasteiger partial charge >= 0.3 is 5.56 Å². The Labute approximate surface area is 116 Å². The average Bonchev–Trinajstić information content (AvgIpc) is 2.45. The molecule has 6 nitrogen and oxygen atoms in total. The average molecular weight is 275 g/mol. The molecular weight excluding hydrogens is 258 g/mol. The highest BCUT2D eigenvalue weighted by atomic mass is 16.5. The molecule has 0 fully saturated rings. The Balaban J connectivity index is 2.35. The molecular formula is C14H17N3O3. The molecule has 6 heteroatoms. The van der Waals surface area contributed by atoms with E-state index in [1.54, 1.807) is 29.0 Å². The van der Waals surface area contributed by atoms with Crippen LogP contribution in [0.4, 0.5) is 5.69 Å². The van der Waals surface area contributed by atoms with Gasteiger partial charge in [0, 0.05) is 30.7 Å². The first-order chi connectivity index (χ1) is 9.65. The molecule has 0 radical (unpaired) electrons. The zero-order valence-corrected chi connectivity index (χ0v) is 11.5. The van der Waals surface area contributed by atoms with Crippen molar-refractivity contribution in [2.24, 2.45) is 0 Å². The molecule has 0 saturated heterocycles. The summed E-state index contributed by atoms with van der Waals surface area (Å²) < 4.78 is 12.3. The lowest BCUT2D eigenvalue weighted by Gasteiger charge is -2.10. The van der Waals surface area contributed by atoms with Crippen molar-refractivity contribution >= 4 is 5.69 Å². The van der Waals surface area contributed by atoms with E-state index in [2.05, 4.69) is 4.98 Å². The summed E-state index contributed by atoms with van der Waals surface area (Å²) in [5.41, 5.74) is 5.96. The monoisotopic (exact) mass is 275 g/mol. The van der Waals surface area contributed by atoms with Crippen molar-refractivity contribution in [3.63, 3.8) is 0 Å². The number of benzene rings is 1. The summed E-state index contributed by atoms with van der Waals surface area (Å²) in [6.07, 6.45) is 4.03. The zero-order valence-electron chi connectivity index (χ0n) is 11.5. The third-order valence-corrected chi connectivity index (χ3v) is 2.74. The van der Waals surface area contributed by atoms with Crippen LogP contribution >= 0.6 is 0 Å². The Morgan fingerprint density at radius 1 is 1.35 bits per heavy atom. The van der Waals surface area contributed by atoms with Crippen LogP contribution in [0.25, 0.3) is 0 Å². The number of ether oxygens (including phenoxy) is 2. The summed E-state index contributed by atoms with van der Waals surface area (Å²) in [4.78, 5) is 16.1. The van der Waals surface area contributed by atoms with E-state index < -0.39 is 0 Å². The van der Waals surface area contributed by atoms with Crippen molar-refractivity contribution < 1.29 is 9.47 Å². The molecule has 2 aromatic rings. The molecule has 0 aliphatic heterocycles. The van der Waals surface area contributed by atoms with E-state index in [0.29, 0.717) is 23.7 Å². The predicted octanol–water partition coefficient (Wildman–Crippen LogP) is 2.04. The largest absolute Gasteiger partial charge is 0.493 e. The van der Waals surface area contributed by atoms with Crippen LogP contribution < -0.4 is 20.8 Å². The Morgan fingerprint density at radius 2 is 2.15 bits per heavy atom. The Hall–Kier alpha value is -2.50. The molecule has 2 rings (SSSR count). The SMILES string of the molecule is CCCn1ccnc(Oc2ccc(N)cc2OC)c1=O. The number of aromatic nitrogens is 2. The summed E-state index contributed by atoms with van der Waals surface area (Å²) in [7, 11) is 1.51. The lowest BCUT2D eigenvalue weighted by molar-refractivity contribution is 0.370. The van der Waals surface area contributed by atoms with Crippen LogP contribution in [0.15, 0.2) is 35.4 Å². The maximum absolute atomic E-state index is 12.1. The zero-order chi connectivity index (χ0) is 14.5. The third-order valence-electron chi connectivity index (χ3n) is 2.74. The number of anilines is 1. The van der Waals surface area contributed by atoms with Gasteiger partial charge in [-0.25, -0.2) is 4.98 Å². The van der Waals surface area contributed by atoms with Gasteiger partial charge in [-0.3, -0.25) is 4.79 Å². The number of methoxy groups -OCH3 is 1. The molecule has 0 saturated carbocycles. The molecule has 0 unspecified atom stereocenters. The number of rotatable bonds is 5. The molecule has 0 aliphatic rings. The fourth-order valence-corrected chi connectivity index (χ4v) is 1.79. The topological polar surface area (TPSA) is 79.4 Å². The van der Waals surface area contributed by atoms with Gasteiger partial charge in [0.2, 0.25) is 0 Å². The predicted molar refractivity (Wildman–Crippen MR) is 76.3 cm³/mol. The number of nitrogens with two attached hydrogens (primary N) is 1. The number of nitrogen functional groups attached to an aromatic ring is 1. The second kappa shape index (κ2) is 6.10. The highest BCUT2D eigenvalue weighted by molar-refractivity contribution is 5.52. The molecule has 0 spiro atoms. The van der Waals surface area contributed by atoms with Gasteiger partial charge in [0.25, 0.3) is 5.88 Å². The van der Waals surface area contributed by atoms with Gasteiger partial charge in [0.15, 0.2) is 11.5 Å². The first-order valence-electron chi connectivity index (χ1n) is 6.32. The molecule has 106 valence electrons. The molecule has 0 bridgehead atoms. The molecule has 0 atom stereocenters. The minimum absolute atomic E-state index is 0.0176. The van der Waals surface area contributed by atoms with Crippen molar-refractivity contribution in [2.45, 2.75) is 19.9 Å². The molecule has 1 heterocycles. The van der Waals surface area contributed by atoms with Crippen LogP contribution in [-0.4, -0.2) is 16.7 Å². The lowest BCUT2D eigenvalue weighted by atomic mass is 10.3. The quantitative estimate of drug-likeness (QED) is 0.845. The van der Waals surface area contributed by atoms with Gasteiger partial charge in [-0.05, 0) is 18.6 Å². The van der Waals surface area contributed by atoms with Gasteiger partial charge in [-0.2, -0.15) is 0 Å². The molecule has 1 aromatic carbocycles. The summed E-state index contributed by atoms with van der Waals surface area (Å²) in [6, 6.07) is 4.95.